The second-order valence-electron chi connectivity index (χ2n) is 4.54. The fraction of sp³-hybridized carbons (Fsp3) is 0.571. The number of rotatable bonds is 5. The normalized spacial score (nSPS) is 24.1. The second kappa shape index (κ2) is 6.43. The van der Waals surface area contributed by atoms with Gasteiger partial charge in [0.25, 0.3) is 0 Å². The Bertz CT molecular complexity index is 339. The van der Waals surface area contributed by atoms with Gasteiger partial charge in [-0.05, 0) is 43.2 Å². The first-order valence-corrected chi connectivity index (χ1v) is 7.45. The minimum Gasteiger partial charge on any atom is -0.380 e. The van der Waals surface area contributed by atoms with Gasteiger partial charge in [0.2, 0.25) is 0 Å². The van der Waals surface area contributed by atoms with Crippen LogP contribution in [0.5, 0.6) is 0 Å². The summed E-state index contributed by atoms with van der Waals surface area (Å²) in [5.74, 6) is 0. The van der Waals surface area contributed by atoms with Crippen LogP contribution in [0.25, 0.3) is 0 Å². The van der Waals surface area contributed by atoms with Crippen molar-refractivity contribution >= 4 is 11.8 Å². The van der Waals surface area contributed by atoms with E-state index in [4.69, 9.17) is 4.74 Å². The average Bonchev–Trinajstić information content (AvgIpc) is 2.84. The standard InChI is InChI=1S/C14H21NOS/c1-16-14-5-3-4-13(14)15-10-11-6-8-12(17-2)9-7-11/h6-9,13-15H,3-5,10H2,1-2H3. The Morgan fingerprint density at radius 3 is 2.71 bits per heavy atom. The minimum atomic E-state index is 0.403. The highest BCUT2D eigenvalue weighted by molar-refractivity contribution is 7.98. The molecule has 1 aliphatic carbocycles. The van der Waals surface area contributed by atoms with Crippen LogP contribution in [0.15, 0.2) is 29.2 Å². The topological polar surface area (TPSA) is 21.3 Å². The van der Waals surface area contributed by atoms with Crippen molar-refractivity contribution in [2.24, 2.45) is 0 Å². The average molecular weight is 251 g/mol. The maximum Gasteiger partial charge on any atom is 0.0724 e. The fourth-order valence-corrected chi connectivity index (χ4v) is 2.84. The SMILES string of the molecule is COC1CCCC1NCc1ccc(SC)cc1. The van der Waals surface area contributed by atoms with E-state index in [0.717, 1.165) is 6.54 Å². The molecule has 0 spiro atoms. The van der Waals surface area contributed by atoms with Crippen LogP contribution in [-0.2, 0) is 11.3 Å². The first-order chi connectivity index (χ1) is 8.33. The van der Waals surface area contributed by atoms with E-state index in [-0.39, 0.29) is 0 Å². The van der Waals surface area contributed by atoms with Crippen LogP contribution < -0.4 is 5.32 Å². The number of hydrogen-bond donors (Lipinski definition) is 1. The van der Waals surface area contributed by atoms with E-state index in [2.05, 4.69) is 35.8 Å². The molecule has 0 bridgehead atoms. The van der Waals surface area contributed by atoms with E-state index in [1.54, 1.807) is 11.8 Å². The van der Waals surface area contributed by atoms with Gasteiger partial charge < -0.3 is 10.1 Å². The van der Waals surface area contributed by atoms with Crippen molar-refractivity contribution in [3.8, 4) is 0 Å². The third kappa shape index (κ3) is 3.47. The van der Waals surface area contributed by atoms with Gasteiger partial charge >= 0.3 is 0 Å². The lowest BCUT2D eigenvalue weighted by Gasteiger charge is -2.19. The fourth-order valence-electron chi connectivity index (χ4n) is 2.43. The molecule has 1 aliphatic rings. The highest BCUT2D eigenvalue weighted by Crippen LogP contribution is 2.22. The Balaban J connectivity index is 1.84. The molecular formula is C14H21NOS. The largest absolute Gasteiger partial charge is 0.380 e. The van der Waals surface area contributed by atoms with Crippen LogP contribution >= 0.6 is 11.8 Å². The Hall–Kier alpha value is -0.510. The second-order valence-corrected chi connectivity index (χ2v) is 5.42. The van der Waals surface area contributed by atoms with Crippen molar-refractivity contribution in [2.45, 2.75) is 42.8 Å². The lowest BCUT2D eigenvalue weighted by atomic mass is 10.1. The van der Waals surface area contributed by atoms with Crippen molar-refractivity contribution in [3.63, 3.8) is 0 Å². The zero-order valence-corrected chi connectivity index (χ0v) is 11.4. The van der Waals surface area contributed by atoms with Crippen molar-refractivity contribution in [2.75, 3.05) is 13.4 Å². The number of benzene rings is 1. The molecule has 0 radical (unpaired) electrons. The highest BCUT2D eigenvalue weighted by Gasteiger charge is 2.26. The molecule has 1 aromatic carbocycles. The van der Waals surface area contributed by atoms with E-state index in [1.807, 2.05) is 7.11 Å². The van der Waals surface area contributed by atoms with Crippen LogP contribution in [0.4, 0.5) is 0 Å². The van der Waals surface area contributed by atoms with Gasteiger partial charge in [-0.15, -0.1) is 11.8 Å². The molecule has 0 saturated heterocycles. The Morgan fingerprint density at radius 2 is 2.06 bits per heavy atom. The van der Waals surface area contributed by atoms with Gasteiger partial charge in [-0.25, -0.2) is 0 Å². The predicted molar refractivity (Wildman–Crippen MR) is 73.5 cm³/mol. The molecule has 1 fully saturated rings. The Kier molecular flexibility index (Phi) is 4.89. The summed E-state index contributed by atoms with van der Waals surface area (Å²) in [6.07, 6.45) is 6.22. The van der Waals surface area contributed by atoms with Crippen LogP contribution in [0.2, 0.25) is 0 Å². The molecule has 1 N–H and O–H groups in total. The lowest BCUT2D eigenvalue weighted by Crippen LogP contribution is -2.36. The number of hydrogen-bond acceptors (Lipinski definition) is 3. The summed E-state index contributed by atoms with van der Waals surface area (Å²) in [6, 6.07) is 9.31. The van der Waals surface area contributed by atoms with Gasteiger partial charge in [0, 0.05) is 24.6 Å². The van der Waals surface area contributed by atoms with Gasteiger partial charge in [0.1, 0.15) is 0 Å². The third-order valence-electron chi connectivity index (χ3n) is 3.48. The molecule has 0 aliphatic heterocycles. The molecule has 3 heteroatoms. The smallest absolute Gasteiger partial charge is 0.0724 e. The molecular weight excluding hydrogens is 230 g/mol. The maximum atomic E-state index is 5.48. The molecule has 2 unspecified atom stereocenters. The summed E-state index contributed by atoms with van der Waals surface area (Å²) in [6.45, 7) is 0.944. The summed E-state index contributed by atoms with van der Waals surface area (Å²) in [5, 5.41) is 3.60. The molecule has 2 atom stereocenters. The van der Waals surface area contributed by atoms with Crippen LogP contribution in [0.1, 0.15) is 24.8 Å². The van der Waals surface area contributed by atoms with E-state index in [0.29, 0.717) is 12.1 Å². The van der Waals surface area contributed by atoms with Crippen LogP contribution in [0.3, 0.4) is 0 Å². The monoisotopic (exact) mass is 251 g/mol. The van der Waals surface area contributed by atoms with Crippen molar-refractivity contribution < 1.29 is 4.74 Å². The van der Waals surface area contributed by atoms with E-state index < -0.39 is 0 Å². The summed E-state index contributed by atoms with van der Waals surface area (Å²) >= 11 is 1.78. The van der Waals surface area contributed by atoms with Gasteiger partial charge in [-0.2, -0.15) is 0 Å². The van der Waals surface area contributed by atoms with Crippen molar-refractivity contribution in [1.82, 2.24) is 5.32 Å². The van der Waals surface area contributed by atoms with Crippen LogP contribution in [-0.4, -0.2) is 25.5 Å². The molecule has 94 valence electrons. The first-order valence-electron chi connectivity index (χ1n) is 6.22. The number of methoxy groups -OCH3 is 1. The van der Waals surface area contributed by atoms with Gasteiger partial charge in [0.15, 0.2) is 0 Å². The van der Waals surface area contributed by atoms with Gasteiger partial charge in [-0.3, -0.25) is 0 Å². The third-order valence-corrected chi connectivity index (χ3v) is 4.23. The lowest BCUT2D eigenvalue weighted by molar-refractivity contribution is 0.0847. The summed E-state index contributed by atoms with van der Waals surface area (Å²) < 4.78 is 5.48. The first kappa shape index (κ1) is 12.9. The number of thioether (sulfide) groups is 1. The molecule has 2 nitrogen and oxygen atoms in total. The number of nitrogens with one attached hydrogen (secondary N) is 1. The summed E-state index contributed by atoms with van der Waals surface area (Å²) in [7, 11) is 1.82. The van der Waals surface area contributed by atoms with E-state index >= 15 is 0 Å². The molecule has 2 rings (SSSR count). The quantitative estimate of drug-likeness (QED) is 0.813. The van der Waals surface area contributed by atoms with Crippen LogP contribution in [0, 0.1) is 0 Å². The maximum absolute atomic E-state index is 5.48. The van der Waals surface area contributed by atoms with Crippen molar-refractivity contribution in [1.29, 1.82) is 0 Å². The van der Waals surface area contributed by atoms with Gasteiger partial charge in [0.05, 0.1) is 6.10 Å². The summed E-state index contributed by atoms with van der Waals surface area (Å²) in [5.41, 5.74) is 1.35. The molecule has 17 heavy (non-hydrogen) atoms. The zero-order valence-electron chi connectivity index (χ0n) is 10.6. The zero-order chi connectivity index (χ0) is 12.1. The molecule has 1 aromatic rings. The Labute approximate surface area is 108 Å². The highest BCUT2D eigenvalue weighted by atomic mass is 32.2. The predicted octanol–water partition coefficient (Wildman–Crippen LogP) is 3.07. The minimum absolute atomic E-state index is 0.403. The molecule has 0 amide bonds. The molecule has 1 saturated carbocycles. The molecule has 0 heterocycles. The van der Waals surface area contributed by atoms with Crippen molar-refractivity contribution in [3.05, 3.63) is 29.8 Å². The Morgan fingerprint density at radius 1 is 1.29 bits per heavy atom. The van der Waals surface area contributed by atoms with E-state index in [1.165, 1.54) is 29.7 Å². The summed E-state index contributed by atoms with van der Waals surface area (Å²) in [4.78, 5) is 1.32. The van der Waals surface area contributed by atoms with Gasteiger partial charge in [-0.1, -0.05) is 12.1 Å². The molecule has 0 aromatic heterocycles. The van der Waals surface area contributed by atoms with E-state index in [9.17, 15) is 0 Å². The number of ether oxygens (including phenoxy) is 1.